The first kappa shape index (κ1) is 17.5. The minimum atomic E-state index is -0.683. The molecule has 0 spiro atoms. The maximum atomic E-state index is 12.8. The Morgan fingerprint density at radius 1 is 1.12 bits per heavy atom. The van der Waals surface area contributed by atoms with E-state index < -0.39 is 12.0 Å². The quantitative estimate of drug-likeness (QED) is 0.815. The van der Waals surface area contributed by atoms with Gasteiger partial charge in [-0.1, -0.05) is 12.1 Å². The highest BCUT2D eigenvalue weighted by Crippen LogP contribution is 2.13. The molecule has 0 aliphatic heterocycles. The van der Waals surface area contributed by atoms with Crippen molar-refractivity contribution in [2.24, 2.45) is 5.73 Å². The van der Waals surface area contributed by atoms with Crippen molar-refractivity contribution in [2.75, 3.05) is 6.54 Å². The van der Waals surface area contributed by atoms with Gasteiger partial charge in [0.25, 0.3) is 5.91 Å². The Balaban J connectivity index is 1.79. The monoisotopic (exact) mass is 330 g/mol. The van der Waals surface area contributed by atoms with Gasteiger partial charge in [-0.3, -0.25) is 9.59 Å². The van der Waals surface area contributed by atoms with Gasteiger partial charge in [0.15, 0.2) is 6.10 Å². The molecule has 2 amide bonds. The second kappa shape index (κ2) is 8.10. The largest absolute Gasteiger partial charge is 0.481 e. The molecule has 6 heteroatoms. The first-order valence-corrected chi connectivity index (χ1v) is 7.54. The summed E-state index contributed by atoms with van der Waals surface area (Å²) in [6.07, 6.45) is -0.0795. The lowest BCUT2D eigenvalue weighted by Gasteiger charge is -2.15. The van der Waals surface area contributed by atoms with Crippen molar-refractivity contribution in [3.63, 3.8) is 0 Å². The van der Waals surface area contributed by atoms with Crippen LogP contribution < -0.4 is 15.8 Å². The Morgan fingerprint density at radius 2 is 1.75 bits per heavy atom. The van der Waals surface area contributed by atoms with E-state index in [4.69, 9.17) is 10.5 Å². The molecule has 24 heavy (non-hydrogen) atoms. The van der Waals surface area contributed by atoms with Crippen LogP contribution in [0.3, 0.4) is 0 Å². The van der Waals surface area contributed by atoms with E-state index in [1.54, 1.807) is 31.2 Å². The average molecular weight is 330 g/mol. The van der Waals surface area contributed by atoms with Crippen LogP contribution in [0, 0.1) is 5.82 Å². The minimum absolute atomic E-state index is 0.254. The fourth-order valence-corrected chi connectivity index (χ4v) is 2.08. The summed E-state index contributed by atoms with van der Waals surface area (Å²) in [7, 11) is 0. The Morgan fingerprint density at radius 3 is 2.33 bits per heavy atom. The van der Waals surface area contributed by atoms with E-state index in [0.717, 1.165) is 5.56 Å². The highest BCUT2D eigenvalue weighted by Gasteiger charge is 2.14. The molecule has 0 aliphatic rings. The van der Waals surface area contributed by atoms with Crippen LogP contribution in [-0.2, 0) is 11.2 Å². The first-order valence-electron chi connectivity index (χ1n) is 7.54. The van der Waals surface area contributed by atoms with Gasteiger partial charge >= 0.3 is 0 Å². The molecule has 3 N–H and O–H groups in total. The highest BCUT2D eigenvalue weighted by atomic mass is 19.1. The number of nitrogens with one attached hydrogen (secondary N) is 1. The predicted octanol–water partition coefficient (Wildman–Crippen LogP) is 2.05. The van der Waals surface area contributed by atoms with E-state index >= 15 is 0 Å². The fraction of sp³-hybridized carbons (Fsp3) is 0.222. The Kier molecular flexibility index (Phi) is 5.89. The van der Waals surface area contributed by atoms with E-state index in [1.165, 1.54) is 24.3 Å². The van der Waals surface area contributed by atoms with Crippen LogP contribution in [0.5, 0.6) is 5.75 Å². The van der Waals surface area contributed by atoms with E-state index in [9.17, 15) is 14.0 Å². The van der Waals surface area contributed by atoms with Gasteiger partial charge in [0, 0.05) is 12.1 Å². The van der Waals surface area contributed by atoms with Gasteiger partial charge in [0.1, 0.15) is 11.6 Å². The summed E-state index contributed by atoms with van der Waals surface area (Å²) < 4.78 is 18.3. The molecular formula is C18H19FN2O3. The first-order chi connectivity index (χ1) is 11.5. The standard InChI is InChI=1S/C18H19FN2O3/c1-12(24-16-8-4-14(5-9-16)17(20)22)18(23)21-11-10-13-2-6-15(19)7-3-13/h2-9,12H,10-11H2,1H3,(H2,20,22)(H,21,23). The number of nitrogens with two attached hydrogens (primary N) is 1. The van der Waals surface area contributed by atoms with Crippen molar-refractivity contribution in [2.45, 2.75) is 19.4 Å². The summed E-state index contributed by atoms with van der Waals surface area (Å²) in [5.74, 6) is -0.586. The molecule has 0 fully saturated rings. The zero-order chi connectivity index (χ0) is 17.5. The molecule has 1 unspecified atom stereocenters. The molecule has 5 nitrogen and oxygen atoms in total. The van der Waals surface area contributed by atoms with Gasteiger partial charge in [-0.15, -0.1) is 0 Å². The molecule has 0 saturated carbocycles. The van der Waals surface area contributed by atoms with Gasteiger partial charge in [0.05, 0.1) is 0 Å². The van der Waals surface area contributed by atoms with E-state index in [2.05, 4.69) is 5.32 Å². The lowest BCUT2D eigenvalue weighted by atomic mass is 10.1. The molecule has 1 atom stereocenters. The summed E-state index contributed by atoms with van der Waals surface area (Å²) in [4.78, 5) is 23.0. The van der Waals surface area contributed by atoms with Gasteiger partial charge in [-0.05, 0) is 55.3 Å². The Bertz CT molecular complexity index is 699. The van der Waals surface area contributed by atoms with Crippen LogP contribution in [0.1, 0.15) is 22.8 Å². The molecule has 0 radical (unpaired) electrons. The van der Waals surface area contributed by atoms with Crippen molar-refractivity contribution in [1.29, 1.82) is 0 Å². The van der Waals surface area contributed by atoms with Crippen molar-refractivity contribution < 1.29 is 18.7 Å². The van der Waals surface area contributed by atoms with Gasteiger partial charge in [-0.2, -0.15) is 0 Å². The van der Waals surface area contributed by atoms with Gasteiger partial charge in [-0.25, -0.2) is 4.39 Å². The third-order valence-corrected chi connectivity index (χ3v) is 3.45. The number of carbonyl (C=O) groups is 2. The number of rotatable bonds is 7. The molecule has 2 aromatic rings. The van der Waals surface area contributed by atoms with Crippen LogP contribution in [0.15, 0.2) is 48.5 Å². The topological polar surface area (TPSA) is 81.4 Å². The zero-order valence-corrected chi connectivity index (χ0v) is 13.3. The molecule has 126 valence electrons. The summed E-state index contributed by atoms with van der Waals surface area (Å²) in [6, 6.07) is 12.4. The SMILES string of the molecule is CC(Oc1ccc(C(N)=O)cc1)C(=O)NCCc1ccc(F)cc1. The van der Waals surface area contributed by atoms with Crippen molar-refractivity contribution in [3.05, 3.63) is 65.5 Å². The van der Waals surface area contributed by atoms with Crippen LogP contribution in [0.2, 0.25) is 0 Å². The summed E-state index contributed by atoms with van der Waals surface area (Å²) >= 11 is 0. The number of benzene rings is 2. The Labute approximate surface area is 139 Å². The minimum Gasteiger partial charge on any atom is -0.481 e. The highest BCUT2D eigenvalue weighted by molar-refractivity contribution is 5.92. The van der Waals surface area contributed by atoms with Crippen molar-refractivity contribution in [3.8, 4) is 5.75 Å². The molecular weight excluding hydrogens is 311 g/mol. The summed E-state index contributed by atoms with van der Waals surface area (Å²) in [6.45, 7) is 2.06. The zero-order valence-electron chi connectivity index (χ0n) is 13.3. The fourth-order valence-electron chi connectivity index (χ4n) is 2.08. The summed E-state index contributed by atoms with van der Waals surface area (Å²) in [5, 5.41) is 2.76. The molecule has 2 aromatic carbocycles. The Hall–Kier alpha value is -2.89. The third kappa shape index (κ3) is 5.08. The lowest BCUT2D eigenvalue weighted by molar-refractivity contribution is -0.127. The summed E-state index contributed by atoms with van der Waals surface area (Å²) in [5.41, 5.74) is 6.47. The number of hydrogen-bond donors (Lipinski definition) is 2. The second-order valence-corrected chi connectivity index (χ2v) is 5.32. The molecule has 0 bridgehead atoms. The van der Waals surface area contributed by atoms with Crippen molar-refractivity contribution >= 4 is 11.8 Å². The number of hydrogen-bond acceptors (Lipinski definition) is 3. The van der Waals surface area contributed by atoms with Crippen LogP contribution in [0.4, 0.5) is 4.39 Å². The van der Waals surface area contributed by atoms with E-state index in [0.29, 0.717) is 24.3 Å². The van der Waals surface area contributed by atoms with Gasteiger partial charge in [0.2, 0.25) is 5.91 Å². The molecule has 0 heterocycles. The molecule has 0 aromatic heterocycles. The van der Waals surface area contributed by atoms with Crippen molar-refractivity contribution in [1.82, 2.24) is 5.32 Å². The molecule has 2 rings (SSSR count). The second-order valence-electron chi connectivity index (χ2n) is 5.32. The van der Waals surface area contributed by atoms with Crippen LogP contribution >= 0.6 is 0 Å². The van der Waals surface area contributed by atoms with Gasteiger partial charge < -0.3 is 15.8 Å². The number of primary amides is 1. The number of carbonyl (C=O) groups excluding carboxylic acids is 2. The maximum absolute atomic E-state index is 12.8. The number of amides is 2. The third-order valence-electron chi connectivity index (χ3n) is 3.45. The number of halogens is 1. The van der Waals surface area contributed by atoms with Crippen LogP contribution in [0.25, 0.3) is 0 Å². The van der Waals surface area contributed by atoms with E-state index in [-0.39, 0.29) is 11.7 Å². The molecule has 0 aliphatic carbocycles. The average Bonchev–Trinajstić information content (AvgIpc) is 2.57. The smallest absolute Gasteiger partial charge is 0.260 e. The van der Waals surface area contributed by atoms with E-state index in [1.807, 2.05) is 0 Å². The van der Waals surface area contributed by atoms with Crippen LogP contribution in [-0.4, -0.2) is 24.5 Å². The number of ether oxygens (including phenoxy) is 1. The normalized spacial score (nSPS) is 11.6. The maximum Gasteiger partial charge on any atom is 0.260 e. The lowest BCUT2D eigenvalue weighted by Crippen LogP contribution is -2.37. The predicted molar refractivity (Wildman–Crippen MR) is 88.2 cm³/mol. The molecule has 0 saturated heterocycles.